The summed E-state index contributed by atoms with van der Waals surface area (Å²) in [5, 5.41) is 0.971. The normalized spacial score (nSPS) is 11.9. The van der Waals surface area contributed by atoms with Gasteiger partial charge in [0.15, 0.2) is 11.4 Å². The van der Waals surface area contributed by atoms with Crippen LogP contribution in [-0.4, -0.2) is 24.4 Å². The van der Waals surface area contributed by atoms with Crippen LogP contribution in [0.2, 0.25) is 0 Å². The Labute approximate surface area is 114 Å². The summed E-state index contributed by atoms with van der Waals surface area (Å²) in [6, 6.07) is 0. The van der Waals surface area contributed by atoms with Gasteiger partial charge in [0.25, 0.3) is 0 Å². The molecular formula is C14H24N2OS. The average molecular weight is 268 g/mol. The number of nitrogens with zero attached hydrogens (tertiary/aromatic N) is 2. The van der Waals surface area contributed by atoms with Crippen LogP contribution < -0.4 is 4.90 Å². The van der Waals surface area contributed by atoms with Gasteiger partial charge in [-0.25, -0.2) is 4.98 Å². The van der Waals surface area contributed by atoms with Crippen molar-refractivity contribution < 1.29 is 4.79 Å². The van der Waals surface area contributed by atoms with E-state index in [0.29, 0.717) is 5.92 Å². The molecule has 0 radical (unpaired) electrons. The summed E-state index contributed by atoms with van der Waals surface area (Å²) < 4.78 is 0. The lowest BCUT2D eigenvalue weighted by Gasteiger charge is -2.22. The van der Waals surface area contributed by atoms with E-state index in [1.54, 1.807) is 0 Å². The first-order chi connectivity index (χ1) is 8.29. The van der Waals surface area contributed by atoms with E-state index in [1.807, 2.05) is 0 Å². The van der Waals surface area contributed by atoms with Gasteiger partial charge in [-0.05, 0) is 12.8 Å². The Bertz CT molecular complexity index is 404. The summed E-state index contributed by atoms with van der Waals surface area (Å²) in [5.41, 5.74) is 0.835. The number of carbonyl (C=O) groups is 1. The van der Waals surface area contributed by atoms with E-state index in [-0.39, 0.29) is 5.41 Å². The quantitative estimate of drug-likeness (QED) is 0.763. The van der Waals surface area contributed by atoms with Gasteiger partial charge in [0.2, 0.25) is 0 Å². The average Bonchev–Trinajstić information content (AvgIpc) is 2.69. The highest BCUT2D eigenvalue weighted by molar-refractivity contribution is 7.17. The number of hydrogen-bond acceptors (Lipinski definition) is 4. The van der Waals surface area contributed by atoms with Gasteiger partial charge in [0.05, 0.1) is 10.6 Å². The van der Waals surface area contributed by atoms with Crippen LogP contribution in [0.5, 0.6) is 0 Å². The van der Waals surface area contributed by atoms with Crippen LogP contribution in [0.3, 0.4) is 0 Å². The molecule has 0 bridgehead atoms. The lowest BCUT2D eigenvalue weighted by Crippen LogP contribution is -2.27. The number of aromatic nitrogens is 1. The maximum absolute atomic E-state index is 11.2. The fourth-order valence-corrected chi connectivity index (χ4v) is 3.02. The van der Waals surface area contributed by atoms with E-state index in [2.05, 4.69) is 51.4 Å². The minimum atomic E-state index is -0.0811. The number of anilines is 1. The molecule has 102 valence electrons. The molecule has 0 atom stereocenters. The van der Waals surface area contributed by atoms with Crippen LogP contribution in [-0.2, 0) is 5.41 Å². The molecule has 1 rings (SSSR count). The minimum Gasteiger partial charge on any atom is -0.348 e. The molecule has 4 heteroatoms. The largest absolute Gasteiger partial charge is 0.348 e. The van der Waals surface area contributed by atoms with E-state index in [1.165, 1.54) is 11.3 Å². The highest BCUT2D eigenvalue weighted by atomic mass is 32.1. The fraction of sp³-hybridized carbons (Fsp3) is 0.714. The highest BCUT2D eigenvalue weighted by Crippen LogP contribution is 2.32. The summed E-state index contributed by atoms with van der Waals surface area (Å²) in [6.45, 7) is 14.7. The zero-order valence-corrected chi connectivity index (χ0v) is 13.1. The van der Waals surface area contributed by atoms with Crippen LogP contribution in [0, 0.1) is 5.92 Å². The summed E-state index contributed by atoms with van der Waals surface area (Å²) in [6.07, 6.45) is 0.935. The van der Waals surface area contributed by atoms with Gasteiger partial charge >= 0.3 is 0 Å². The molecule has 3 nitrogen and oxygen atoms in total. The lowest BCUT2D eigenvalue weighted by atomic mass is 9.91. The van der Waals surface area contributed by atoms with Crippen LogP contribution in [0.25, 0.3) is 0 Å². The molecule has 0 N–H and O–H groups in total. The predicted molar refractivity (Wildman–Crippen MR) is 78.9 cm³/mol. The van der Waals surface area contributed by atoms with Crippen molar-refractivity contribution in [1.82, 2.24) is 4.98 Å². The molecule has 1 aromatic heterocycles. The van der Waals surface area contributed by atoms with Gasteiger partial charge in [0.1, 0.15) is 0 Å². The fourth-order valence-electron chi connectivity index (χ4n) is 1.86. The molecule has 0 aromatic carbocycles. The minimum absolute atomic E-state index is 0.0811. The van der Waals surface area contributed by atoms with E-state index in [4.69, 9.17) is 0 Å². The topological polar surface area (TPSA) is 33.2 Å². The molecule has 0 saturated heterocycles. The summed E-state index contributed by atoms with van der Waals surface area (Å²) >= 11 is 1.51. The summed E-state index contributed by atoms with van der Waals surface area (Å²) in [4.78, 5) is 18.9. The number of carbonyl (C=O) groups excluding carboxylic acids is 1. The SMILES string of the molecule is CCN(CC(C)C)c1nc(C(C)(C)C)c(C=O)s1. The molecule has 18 heavy (non-hydrogen) atoms. The molecule has 0 aliphatic rings. The Balaban J connectivity index is 3.10. The molecule has 0 spiro atoms. The van der Waals surface area contributed by atoms with Crippen molar-refractivity contribution in [3.8, 4) is 0 Å². The van der Waals surface area contributed by atoms with Crippen LogP contribution in [0.15, 0.2) is 0 Å². The number of hydrogen-bond donors (Lipinski definition) is 0. The third-order valence-electron chi connectivity index (χ3n) is 2.70. The maximum Gasteiger partial charge on any atom is 0.186 e. The zero-order valence-electron chi connectivity index (χ0n) is 12.3. The zero-order chi connectivity index (χ0) is 13.9. The van der Waals surface area contributed by atoms with Gasteiger partial charge in [-0.3, -0.25) is 4.79 Å². The second-order valence-corrected chi connectivity index (χ2v) is 7.02. The van der Waals surface area contributed by atoms with Crippen molar-refractivity contribution in [3.63, 3.8) is 0 Å². The Hall–Kier alpha value is -0.900. The van der Waals surface area contributed by atoms with E-state index >= 15 is 0 Å². The van der Waals surface area contributed by atoms with Gasteiger partial charge in [-0.2, -0.15) is 0 Å². The molecule has 0 amide bonds. The standard InChI is InChI=1S/C14H24N2OS/c1-7-16(8-10(2)3)13-15-12(14(4,5)6)11(9-17)18-13/h9-10H,7-8H2,1-6H3. The number of aldehydes is 1. The molecular weight excluding hydrogens is 244 g/mol. The first-order valence-electron chi connectivity index (χ1n) is 6.51. The van der Waals surface area contributed by atoms with Crippen LogP contribution >= 0.6 is 11.3 Å². The van der Waals surface area contributed by atoms with Gasteiger partial charge in [-0.15, -0.1) is 0 Å². The van der Waals surface area contributed by atoms with E-state index in [9.17, 15) is 4.79 Å². The Morgan fingerprint density at radius 2 is 2.00 bits per heavy atom. The number of thiazole rings is 1. The lowest BCUT2D eigenvalue weighted by molar-refractivity contribution is 0.112. The van der Waals surface area contributed by atoms with Gasteiger partial charge in [0, 0.05) is 18.5 Å². The Morgan fingerprint density at radius 1 is 1.39 bits per heavy atom. The van der Waals surface area contributed by atoms with Crippen molar-refractivity contribution in [3.05, 3.63) is 10.6 Å². The van der Waals surface area contributed by atoms with Gasteiger partial charge in [-0.1, -0.05) is 46.0 Å². The Kier molecular flexibility index (Phi) is 4.91. The predicted octanol–water partition coefficient (Wildman–Crippen LogP) is 3.74. The van der Waals surface area contributed by atoms with Gasteiger partial charge < -0.3 is 4.90 Å². The third-order valence-corrected chi connectivity index (χ3v) is 3.74. The smallest absolute Gasteiger partial charge is 0.186 e. The molecule has 0 saturated carbocycles. The van der Waals surface area contributed by atoms with E-state index in [0.717, 1.165) is 35.1 Å². The maximum atomic E-state index is 11.2. The second kappa shape index (κ2) is 5.83. The van der Waals surface area contributed by atoms with Crippen LogP contribution in [0.1, 0.15) is 56.9 Å². The highest BCUT2D eigenvalue weighted by Gasteiger charge is 2.24. The molecule has 1 heterocycles. The molecule has 0 fully saturated rings. The summed E-state index contributed by atoms with van der Waals surface area (Å²) in [7, 11) is 0. The second-order valence-electron chi connectivity index (χ2n) is 6.01. The molecule has 1 aromatic rings. The number of rotatable bonds is 5. The van der Waals surface area contributed by atoms with Crippen LogP contribution in [0.4, 0.5) is 5.13 Å². The van der Waals surface area contributed by atoms with Crippen molar-refractivity contribution in [2.45, 2.75) is 47.0 Å². The molecule has 0 aliphatic carbocycles. The van der Waals surface area contributed by atoms with Crippen molar-refractivity contribution in [2.75, 3.05) is 18.0 Å². The van der Waals surface area contributed by atoms with Crippen molar-refractivity contribution >= 4 is 22.8 Å². The Morgan fingerprint density at radius 3 is 2.33 bits per heavy atom. The monoisotopic (exact) mass is 268 g/mol. The van der Waals surface area contributed by atoms with Crippen molar-refractivity contribution in [1.29, 1.82) is 0 Å². The third kappa shape index (κ3) is 3.55. The molecule has 0 unspecified atom stereocenters. The first-order valence-corrected chi connectivity index (χ1v) is 7.32. The van der Waals surface area contributed by atoms with E-state index < -0.39 is 0 Å². The molecule has 0 aliphatic heterocycles. The van der Waals surface area contributed by atoms with Crippen molar-refractivity contribution in [2.24, 2.45) is 5.92 Å². The summed E-state index contributed by atoms with van der Waals surface area (Å²) in [5.74, 6) is 0.589. The first kappa shape index (κ1) is 15.2.